The molecule has 3 heteroatoms. The monoisotopic (exact) mass is 358 g/mol. The van der Waals surface area contributed by atoms with E-state index in [2.05, 4.69) is 43.4 Å². The van der Waals surface area contributed by atoms with E-state index >= 15 is 0 Å². The van der Waals surface area contributed by atoms with Crippen molar-refractivity contribution in [3.8, 4) is 0 Å². The van der Waals surface area contributed by atoms with Crippen LogP contribution in [0, 0.1) is 0 Å². The molecule has 0 bridgehead atoms. The molecule has 18 heavy (non-hydrogen) atoms. The van der Waals surface area contributed by atoms with Crippen molar-refractivity contribution in [1.82, 2.24) is 10.2 Å². The van der Waals surface area contributed by atoms with E-state index in [4.69, 9.17) is 0 Å². The van der Waals surface area contributed by atoms with Gasteiger partial charge in [-0.25, -0.2) is 0 Å². The van der Waals surface area contributed by atoms with Gasteiger partial charge in [0.1, 0.15) is 0 Å². The van der Waals surface area contributed by atoms with Gasteiger partial charge in [-0.3, -0.25) is 0 Å². The van der Waals surface area contributed by atoms with Crippen LogP contribution in [0.15, 0.2) is 12.4 Å². The van der Waals surface area contributed by atoms with Crippen molar-refractivity contribution in [3.05, 3.63) is 12.4 Å². The van der Waals surface area contributed by atoms with Crippen LogP contribution >= 0.6 is 0 Å². The second-order valence-electron chi connectivity index (χ2n) is 5.58. The molecule has 0 unspecified atom stereocenters. The summed E-state index contributed by atoms with van der Waals surface area (Å²) in [6, 6.07) is 0. The van der Waals surface area contributed by atoms with Gasteiger partial charge < -0.3 is 0 Å². The summed E-state index contributed by atoms with van der Waals surface area (Å²) < 4.78 is 6.25. The van der Waals surface area contributed by atoms with Gasteiger partial charge in [-0.15, -0.1) is 0 Å². The number of aromatic amines is 1. The zero-order chi connectivity index (χ0) is 13.3. The van der Waals surface area contributed by atoms with Crippen LogP contribution in [0.5, 0.6) is 0 Å². The average Bonchev–Trinajstić information content (AvgIpc) is 2.93. The standard InChI is InChI=1S/3C4H9.C3H3N2.Sn/c3*1-3-4-2;1-2-4-5-3-1;/h3*1,3-4H2,2H3;2-3H,(H,4,5);. The Balaban J connectivity index is 2.84. The first kappa shape index (κ1) is 16.1. The predicted octanol–water partition coefficient (Wildman–Crippen LogP) is 4.47. The Kier molecular flexibility index (Phi) is 8.03. The molecule has 0 spiro atoms. The van der Waals surface area contributed by atoms with Crippen molar-refractivity contribution < 1.29 is 0 Å². The van der Waals surface area contributed by atoms with Gasteiger partial charge in [-0.2, -0.15) is 0 Å². The maximum absolute atomic E-state index is 4.24. The normalized spacial score (nSPS) is 11.9. The fraction of sp³-hybridized carbons (Fsp3) is 0.800. The Morgan fingerprint density at radius 2 is 1.44 bits per heavy atom. The fourth-order valence-electron chi connectivity index (χ4n) is 2.89. The second kappa shape index (κ2) is 9.00. The Labute approximate surface area is 117 Å². The molecule has 2 nitrogen and oxygen atoms in total. The Morgan fingerprint density at radius 1 is 0.944 bits per heavy atom. The van der Waals surface area contributed by atoms with Crippen molar-refractivity contribution in [2.24, 2.45) is 0 Å². The first-order chi connectivity index (χ1) is 8.79. The van der Waals surface area contributed by atoms with E-state index in [9.17, 15) is 0 Å². The molecule has 1 aromatic heterocycles. The van der Waals surface area contributed by atoms with Gasteiger partial charge in [0.2, 0.25) is 0 Å². The maximum atomic E-state index is 4.24. The van der Waals surface area contributed by atoms with Crippen molar-refractivity contribution in [3.63, 3.8) is 0 Å². The van der Waals surface area contributed by atoms with E-state index in [-0.39, 0.29) is 0 Å². The molecule has 0 atom stereocenters. The Morgan fingerprint density at radius 3 is 1.78 bits per heavy atom. The van der Waals surface area contributed by atoms with Crippen LogP contribution in [0.1, 0.15) is 59.3 Å². The summed E-state index contributed by atoms with van der Waals surface area (Å²) in [4.78, 5) is 0. The Hall–Kier alpha value is 0.00870. The van der Waals surface area contributed by atoms with E-state index < -0.39 is 18.4 Å². The topological polar surface area (TPSA) is 28.7 Å². The molecular formula is C15H30N2Sn. The first-order valence-electron chi connectivity index (χ1n) is 7.78. The number of unbranched alkanes of at least 4 members (excludes halogenated alkanes) is 3. The summed E-state index contributed by atoms with van der Waals surface area (Å²) in [5.41, 5.74) is 0. The number of nitrogens with zero attached hydrogens (tertiary/aromatic N) is 1. The van der Waals surface area contributed by atoms with Crippen LogP contribution in [0.25, 0.3) is 0 Å². The molecule has 1 heterocycles. The molecule has 104 valence electrons. The van der Waals surface area contributed by atoms with E-state index in [1.807, 2.05) is 0 Å². The Bertz CT molecular complexity index is 274. The van der Waals surface area contributed by atoms with Crippen molar-refractivity contribution in [1.29, 1.82) is 0 Å². The molecule has 0 aromatic carbocycles. The summed E-state index contributed by atoms with van der Waals surface area (Å²) in [7, 11) is 0. The van der Waals surface area contributed by atoms with E-state index in [1.165, 1.54) is 51.8 Å². The van der Waals surface area contributed by atoms with Crippen molar-refractivity contribution >= 4 is 22.0 Å². The van der Waals surface area contributed by atoms with Gasteiger partial charge in [0, 0.05) is 0 Å². The summed E-state index contributed by atoms with van der Waals surface area (Å²) in [5, 5.41) is 7.31. The van der Waals surface area contributed by atoms with Gasteiger partial charge in [0.15, 0.2) is 0 Å². The van der Waals surface area contributed by atoms with Crippen molar-refractivity contribution in [2.45, 2.75) is 72.6 Å². The van der Waals surface area contributed by atoms with Gasteiger partial charge in [0.05, 0.1) is 0 Å². The van der Waals surface area contributed by atoms with Crippen LogP contribution in [0.2, 0.25) is 13.3 Å². The number of hydrogen-bond acceptors (Lipinski definition) is 1. The molecule has 0 saturated heterocycles. The quantitative estimate of drug-likeness (QED) is 0.615. The predicted molar refractivity (Wildman–Crippen MR) is 83.1 cm³/mol. The molecule has 0 aliphatic heterocycles. The van der Waals surface area contributed by atoms with Gasteiger partial charge in [-0.05, 0) is 0 Å². The van der Waals surface area contributed by atoms with Crippen LogP contribution in [-0.4, -0.2) is 28.6 Å². The molecule has 0 fully saturated rings. The number of hydrogen-bond donors (Lipinski definition) is 1. The molecule has 0 amide bonds. The number of nitrogens with one attached hydrogen (secondary N) is 1. The third-order valence-corrected chi connectivity index (χ3v) is 19.6. The molecular weight excluding hydrogens is 327 g/mol. The minimum atomic E-state index is -2.13. The van der Waals surface area contributed by atoms with Gasteiger partial charge >= 0.3 is 117 Å². The zero-order valence-corrected chi connectivity index (χ0v) is 15.3. The van der Waals surface area contributed by atoms with E-state index in [1.54, 1.807) is 3.58 Å². The molecule has 0 aliphatic rings. The average molecular weight is 357 g/mol. The third-order valence-electron chi connectivity index (χ3n) is 4.14. The zero-order valence-electron chi connectivity index (χ0n) is 12.5. The van der Waals surface area contributed by atoms with Crippen LogP contribution < -0.4 is 3.58 Å². The molecule has 1 N–H and O–H groups in total. The van der Waals surface area contributed by atoms with E-state index in [0.29, 0.717) is 0 Å². The number of aromatic nitrogens is 2. The summed E-state index contributed by atoms with van der Waals surface area (Å²) >= 11 is -2.13. The SMILES string of the molecule is CCC[CH2][Sn]([CH2]CCC)([CH2]CCC)[c]1cn[nH]c1. The van der Waals surface area contributed by atoms with Gasteiger partial charge in [-0.1, -0.05) is 0 Å². The third kappa shape index (κ3) is 4.60. The molecule has 0 radical (unpaired) electrons. The molecule has 1 rings (SSSR count). The van der Waals surface area contributed by atoms with Gasteiger partial charge in [0.25, 0.3) is 0 Å². The summed E-state index contributed by atoms with van der Waals surface area (Å²) in [6.07, 6.45) is 12.7. The van der Waals surface area contributed by atoms with E-state index in [0.717, 1.165) is 0 Å². The molecule has 0 saturated carbocycles. The van der Waals surface area contributed by atoms with Crippen molar-refractivity contribution in [2.75, 3.05) is 0 Å². The fourth-order valence-corrected chi connectivity index (χ4v) is 18.4. The molecule has 1 aromatic rings. The second-order valence-corrected chi connectivity index (χ2v) is 18.8. The van der Waals surface area contributed by atoms with Crippen LogP contribution in [-0.2, 0) is 0 Å². The summed E-state index contributed by atoms with van der Waals surface area (Å²) in [5.74, 6) is 0. The number of H-pyrrole nitrogens is 1. The number of rotatable bonds is 10. The first-order valence-corrected chi connectivity index (χ1v) is 15.3. The summed E-state index contributed by atoms with van der Waals surface area (Å²) in [6.45, 7) is 6.98. The van der Waals surface area contributed by atoms with Crippen LogP contribution in [0.4, 0.5) is 0 Å². The minimum absolute atomic E-state index is 1.34. The molecule has 0 aliphatic carbocycles. The van der Waals surface area contributed by atoms with Crippen LogP contribution in [0.3, 0.4) is 0 Å².